The molecule has 0 amide bonds. The van der Waals surface area contributed by atoms with E-state index in [1.54, 1.807) is 0 Å². The fourth-order valence-corrected chi connectivity index (χ4v) is 1.98. The van der Waals surface area contributed by atoms with Gasteiger partial charge in [-0.15, -0.1) is 0 Å². The van der Waals surface area contributed by atoms with Crippen LogP contribution in [0.1, 0.15) is 51.8 Å². The van der Waals surface area contributed by atoms with Crippen molar-refractivity contribution < 1.29 is 4.74 Å². The predicted molar refractivity (Wildman–Crippen MR) is 87.2 cm³/mol. The minimum absolute atomic E-state index is 0.214. The molecule has 0 saturated carbocycles. The molecule has 0 aliphatic carbocycles. The summed E-state index contributed by atoms with van der Waals surface area (Å²) < 4.78 is 5.48. The van der Waals surface area contributed by atoms with Gasteiger partial charge in [0, 0.05) is 12.6 Å². The van der Waals surface area contributed by atoms with E-state index in [0.717, 1.165) is 18.7 Å². The first-order chi connectivity index (χ1) is 9.30. The molecule has 0 fully saturated rings. The molecule has 0 aliphatic rings. The van der Waals surface area contributed by atoms with Crippen LogP contribution in [-0.2, 0) is 10.2 Å². The SMILES string of the molecule is C=C(C)COCCNC(C)c1ccc(C(C)(C)C)cc1. The third kappa shape index (κ3) is 5.89. The van der Waals surface area contributed by atoms with Crippen LogP contribution in [0.3, 0.4) is 0 Å². The Kier molecular flexibility index (Phi) is 6.44. The molecule has 0 heterocycles. The third-order valence-electron chi connectivity index (χ3n) is 3.32. The lowest BCUT2D eigenvalue weighted by atomic mass is 9.86. The molecule has 1 rings (SSSR count). The smallest absolute Gasteiger partial charge is 0.0672 e. The van der Waals surface area contributed by atoms with Crippen LogP contribution in [0.25, 0.3) is 0 Å². The molecule has 112 valence electrons. The van der Waals surface area contributed by atoms with Crippen LogP contribution in [0.2, 0.25) is 0 Å². The van der Waals surface area contributed by atoms with Crippen molar-refractivity contribution in [3.63, 3.8) is 0 Å². The number of benzene rings is 1. The largest absolute Gasteiger partial charge is 0.376 e. The molecule has 2 heteroatoms. The van der Waals surface area contributed by atoms with Gasteiger partial charge in [0.15, 0.2) is 0 Å². The summed E-state index contributed by atoms with van der Waals surface area (Å²) in [5.41, 5.74) is 3.97. The van der Waals surface area contributed by atoms with Crippen LogP contribution in [0.5, 0.6) is 0 Å². The topological polar surface area (TPSA) is 21.3 Å². The van der Waals surface area contributed by atoms with Crippen LogP contribution < -0.4 is 5.32 Å². The van der Waals surface area contributed by atoms with E-state index in [9.17, 15) is 0 Å². The molecule has 1 aromatic rings. The van der Waals surface area contributed by atoms with Crippen molar-refractivity contribution >= 4 is 0 Å². The van der Waals surface area contributed by atoms with Crippen molar-refractivity contribution in [2.45, 2.75) is 46.1 Å². The molecule has 1 N–H and O–H groups in total. The Hall–Kier alpha value is -1.12. The molecule has 0 radical (unpaired) electrons. The minimum Gasteiger partial charge on any atom is -0.376 e. The van der Waals surface area contributed by atoms with Gasteiger partial charge in [-0.2, -0.15) is 0 Å². The van der Waals surface area contributed by atoms with Gasteiger partial charge in [0.05, 0.1) is 13.2 Å². The van der Waals surface area contributed by atoms with Crippen molar-refractivity contribution in [1.29, 1.82) is 0 Å². The molecular weight excluding hydrogens is 246 g/mol. The van der Waals surface area contributed by atoms with E-state index in [2.05, 4.69) is 63.9 Å². The van der Waals surface area contributed by atoms with Crippen molar-refractivity contribution in [1.82, 2.24) is 5.32 Å². The highest BCUT2D eigenvalue weighted by molar-refractivity contribution is 5.28. The number of hydrogen-bond donors (Lipinski definition) is 1. The van der Waals surface area contributed by atoms with Gasteiger partial charge in [0.25, 0.3) is 0 Å². The average Bonchev–Trinajstić information content (AvgIpc) is 2.37. The number of ether oxygens (including phenoxy) is 1. The van der Waals surface area contributed by atoms with E-state index in [1.165, 1.54) is 11.1 Å². The summed E-state index contributed by atoms with van der Waals surface area (Å²) in [6, 6.07) is 9.23. The van der Waals surface area contributed by atoms with E-state index in [0.29, 0.717) is 12.6 Å². The Morgan fingerprint density at radius 1 is 1.25 bits per heavy atom. The molecule has 0 saturated heterocycles. The molecular formula is C18H29NO. The first kappa shape index (κ1) is 16.9. The second kappa shape index (κ2) is 7.61. The van der Waals surface area contributed by atoms with Gasteiger partial charge in [-0.3, -0.25) is 0 Å². The Morgan fingerprint density at radius 2 is 1.85 bits per heavy atom. The molecule has 1 aromatic carbocycles. The molecule has 2 nitrogen and oxygen atoms in total. The second-order valence-corrected chi connectivity index (χ2v) is 6.56. The van der Waals surface area contributed by atoms with Crippen LogP contribution in [-0.4, -0.2) is 19.8 Å². The van der Waals surface area contributed by atoms with Crippen LogP contribution in [0.4, 0.5) is 0 Å². The fraction of sp³-hybridized carbons (Fsp3) is 0.556. The van der Waals surface area contributed by atoms with Gasteiger partial charge in [0.2, 0.25) is 0 Å². The number of rotatable bonds is 7. The maximum atomic E-state index is 5.48. The first-order valence-corrected chi connectivity index (χ1v) is 7.36. The zero-order chi connectivity index (χ0) is 15.2. The van der Waals surface area contributed by atoms with Crippen LogP contribution in [0, 0.1) is 0 Å². The highest BCUT2D eigenvalue weighted by Crippen LogP contribution is 2.23. The lowest BCUT2D eigenvalue weighted by molar-refractivity contribution is 0.156. The van der Waals surface area contributed by atoms with Gasteiger partial charge in [-0.25, -0.2) is 0 Å². The second-order valence-electron chi connectivity index (χ2n) is 6.56. The first-order valence-electron chi connectivity index (χ1n) is 7.36. The summed E-state index contributed by atoms with van der Waals surface area (Å²) in [6.45, 7) is 16.9. The lowest BCUT2D eigenvalue weighted by Gasteiger charge is -2.20. The lowest BCUT2D eigenvalue weighted by Crippen LogP contribution is -2.23. The highest BCUT2D eigenvalue weighted by atomic mass is 16.5. The summed E-state index contributed by atoms with van der Waals surface area (Å²) >= 11 is 0. The molecule has 1 unspecified atom stereocenters. The van der Waals surface area contributed by atoms with Crippen molar-refractivity contribution in [3.8, 4) is 0 Å². The maximum Gasteiger partial charge on any atom is 0.0672 e. The summed E-state index contributed by atoms with van der Waals surface area (Å²) in [7, 11) is 0. The predicted octanol–water partition coefficient (Wildman–Crippen LogP) is 4.23. The molecule has 0 spiro atoms. The van der Waals surface area contributed by atoms with Crippen molar-refractivity contribution in [2.24, 2.45) is 0 Å². The van der Waals surface area contributed by atoms with Gasteiger partial charge in [-0.05, 0) is 30.4 Å². The van der Waals surface area contributed by atoms with Crippen LogP contribution in [0.15, 0.2) is 36.4 Å². The van der Waals surface area contributed by atoms with Gasteiger partial charge >= 0.3 is 0 Å². The zero-order valence-corrected chi connectivity index (χ0v) is 13.6. The van der Waals surface area contributed by atoms with E-state index >= 15 is 0 Å². The Morgan fingerprint density at radius 3 is 2.35 bits per heavy atom. The molecule has 0 aliphatic heterocycles. The van der Waals surface area contributed by atoms with Gasteiger partial charge in [0.1, 0.15) is 0 Å². The van der Waals surface area contributed by atoms with Gasteiger partial charge < -0.3 is 10.1 Å². The molecule has 20 heavy (non-hydrogen) atoms. The van der Waals surface area contributed by atoms with E-state index in [-0.39, 0.29) is 5.41 Å². The normalized spacial score (nSPS) is 13.2. The van der Waals surface area contributed by atoms with Crippen molar-refractivity contribution in [2.75, 3.05) is 19.8 Å². The Bertz CT molecular complexity index is 414. The quantitative estimate of drug-likeness (QED) is 0.594. The summed E-state index contributed by atoms with van der Waals surface area (Å²) in [6.07, 6.45) is 0. The third-order valence-corrected chi connectivity index (χ3v) is 3.32. The van der Waals surface area contributed by atoms with E-state index in [1.807, 2.05) is 6.92 Å². The molecule has 0 aromatic heterocycles. The van der Waals surface area contributed by atoms with Crippen LogP contribution >= 0.6 is 0 Å². The van der Waals surface area contributed by atoms with Gasteiger partial charge in [-0.1, -0.05) is 57.2 Å². The minimum atomic E-state index is 0.214. The molecule has 1 atom stereocenters. The highest BCUT2D eigenvalue weighted by Gasteiger charge is 2.13. The number of hydrogen-bond acceptors (Lipinski definition) is 2. The monoisotopic (exact) mass is 275 g/mol. The average molecular weight is 275 g/mol. The molecule has 0 bridgehead atoms. The van der Waals surface area contributed by atoms with Crippen molar-refractivity contribution in [3.05, 3.63) is 47.5 Å². The summed E-state index contributed by atoms with van der Waals surface area (Å²) in [4.78, 5) is 0. The maximum absolute atomic E-state index is 5.48. The zero-order valence-electron chi connectivity index (χ0n) is 13.6. The Balaban J connectivity index is 2.40. The van der Waals surface area contributed by atoms with E-state index in [4.69, 9.17) is 4.74 Å². The fourth-order valence-electron chi connectivity index (χ4n) is 1.98. The standard InChI is InChI=1S/C18H29NO/c1-14(2)13-20-12-11-19-15(3)16-7-9-17(10-8-16)18(4,5)6/h7-10,15,19H,1,11-13H2,2-6H3. The summed E-state index contributed by atoms with van der Waals surface area (Å²) in [5, 5.41) is 3.48. The summed E-state index contributed by atoms with van der Waals surface area (Å²) in [5.74, 6) is 0. The van der Waals surface area contributed by atoms with E-state index < -0.39 is 0 Å². The Labute approximate surface area is 124 Å². The number of nitrogens with one attached hydrogen (secondary N) is 1.